The predicted molar refractivity (Wildman–Crippen MR) is 112 cm³/mol. The van der Waals surface area contributed by atoms with Gasteiger partial charge < -0.3 is 15.0 Å². The van der Waals surface area contributed by atoms with E-state index in [-0.39, 0.29) is 11.9 Å². The lowest BCUT2D eigenvalue weighted by Gasteiger charge is -2.14. The number of para-hydroxylation sites is 1. The number of imide groups is 1. The van der Waals surface area contributed by atoms with Crippen LogP contribution >= 0.6 is 0 Å². The van der Waals surface area contributed by atoms with E-state index in [4.69, 9.17) is 4.74 Å². The minimum absolute atomic E-state index is 0.174. The Morgan fingerprint density at radius 2 is 1.83 bits per heavy atom. The van der Waals surface area contributed by atoms with Gasteiger partial charge in [0.05, 0.1) is 6.61 Å². The molecule has 3 aromatic rings. The molecule has 2 aromatic carbocycles. The van der Waals surface area contributed by atoms with E-state index in [1.54, 1.807) is 0 Å². The summed E-state index contributed by atoms with van der Waals surface area (Å²) in [6, 6.07) is 13.2. The zero-order chi connectivity index (χ0) is 20.4. The number of aryl methyl sites for hydroxylation is 2. The first-order valence-electron chi connectivity index (χ1n) is 9.89. The van der Waals surface area contributed by atoms with Gasteiger partial charge in [-0.15, -0.1) is 0 Å². The molecular formula is C23H25N3O3. The third-order valence-corrected chi connectivity index (χ3v) is 5.20. The molecule has 1 atom stereocenters. The maximum Gasteiger partial charge on any atom is 0.324 e. The van der Waals surface area contributed by atoms with Gasteiger partial charge in [-0.1, -0.05) is 24.3 Å². The summed E-state index contributed by atoms with van der Waals surface area (Å²) in [5, 5.41) is 3.89. The average Bonchev–Trinajstić information content (AvgIpc) is 3.20. The second-order valence-corrected chi connectivity index (χ2v) is 7.58. The second-order valence-electron chi connectivity index (χ2n) is 7.58. The number of fused-ring (bicyclic) bond motifs is 1. The van der Waals surface area contributed by atoms with Crippen molar-refractivity contribution < 1.29 is 14.3 Å². The van der Waals surface area contributed by atoms with Gasteiger partial charge in [0.25, 0.3) is 5.91 Å². The van der Waals surface area contributed by atoms with Crippen LogP contribution in [-0.4, -0.2) is 41.0 Å². The summed E-state index contributed by atoms with van der Waals surface area (Å²) in [4.78, 5) is 29.5. The topological polar surface area (TPSA) is 74.4 Å². The SMILES string of the molecule is Cc1cc(C)cc(OCCCN2C(=O)N[C@@H](Cc3c[nH]c4ccccc34)C2=O)c1. The number of hydrogen-bond acceptors (Lipinski definition) is 3. The molecular weight excluding hydrogens is 366 g/mol. The van der Waals surface area contributed by atoms with E-state index in [1.165, 1.54) is 4.90 Å². The Morgan fingerprint density at radius 1 is 1.07 bits per heavy atom. The molecule has 0 aliphatic carbocycles. The van der Waals surface area contributed by atoms with Crippen molar-refractivity contribution in [3.8, 4) is 5.75 Å². The molecule has 4 rings (SSSR count). The summed E-state index contributed by atoms with van der Waals surface area (Å²) < 4.78 is 5.78. The van der Waals surface area contributed by atoms with Crippen LogP contribution in [0.25, 0.3) is 10.9 Å². The highest BCUT2D eigenvalue weighted by molar-refractivity contribution is 6.04. The fraction of sp³-hybridized carbons (Fsp3) is 0.304. The molecule has 2 N–H and O–H groups in total. The Labute approximate surface area is 169 Å². The standard InChI is InChI=1S/C23H25N3O3/c1-15-10-16(2)12-18(11-15)29-9-5-8-26-22(27)21(25-23(26)28)13-17-14-24-20-7-4-3-6-19(17)20/h3-4,6-7,10-12,14,21,24H,5,8-9,13H2,1-2H3,(H,25,28)/t21-/m0/s1. The van der Waals surface area contributed by atoms with E-state index in [0.717, 1.165) is 33.3 Å². The van der Waals surface area contributed by atoms with Crippen molar-refractivity contribution in [1.82, 2.24) is 15.2 Å². The Kier molecular flexibility index (Phi) is 5.25. The van der Waals surface area contributed by atoms with Crippen molar-refractivity contribution >= 4 is 22.8 Å². The normalized spacial score (nSPS) is 16.5. The molecule has 6 heteroatoms. The number of carbonyl (C=O) groups excluding carboxylic acids is 2. The number of hydrogen-bond donors (Lipinski definition) is 2. The van der Waals surface area contributed by atoms with Gasteiger partial charge in [0.1, 0.15) is 11.8 Å². The van der Waals surface area contributed by atoms with Crippen LogP contribution in [0.4, 0.5) is 4.79 Å². The number of ether oxygens (including phenoxy) is 1. The first-order chi connectivity index (χ1) is 14.0. The molecule has 1 aliphatic heterocycles. The van der Waals surface area contributed by atoms with E-state index in [9.17, 15) is 9.59 Å². The van der Waals surface area contributed by atoms with Crippen LogP contribution in [0.15, 0.2) is 48.7 Å². The van der Waals surface area contributed by atoms with Gasteiger partial charge in [-0.3, -0.25) is 9.69 Å². The summed E-state index contributed by atoms with van der Waals surface area (Å²) in [6.07, 6.45) is 2.97. The number of aromatic nitrogens is 1. The van der Waals surface area contributed by atoms with Gasteiger partial charge in [0, 0.05) is 30.1 Å². The maximum atomic E-state index is 12.7. The second kappa shape index (κ2) is 7.99. The molecule has 1 saturated heterocycles. The third kappa shape index (κ3) is 4.11. The molecule has 0 unspecified atom stereocenters. The Balaban J connectivity index is 1.32. The van der Waals surface area contributed by atoms with Crippen LogP contribution in [0.5, 0.6) is 5.75 Å². The molecule has 1 aliphatic rings. The van der Waals surface area contributed by atoms with Gasteiger partial charge in [0.2, 0.25) is 0 Å². The number of H-pyrrole nitrogens is 1. The molecule has 0 bridgehead atoms. The summed E-state index contributed by atoms with van der Waals surface area (Å²) in [5.74, 6) is 0.642. The van der Waals surface area contributed by atoms with Crippen LogP contribution in [0.1, 0.15) is 23.1 Å². The minimum Gasteiger partial charge on any atom is -0.494 e. The highest BCUT2D eigenvalue weighted by atomic mass is 16.5. The van der Waals surface area contributed by atoms with Gasteiger partial charge in [-0.2, -0.15) is 0 Å². The zero-order valence-corrected chi connectivity index (χ0v) is 16.7. The van der Waals surface area contributed by atoms with Crippen LogP contribution < -0.4 is 10.1 Å². The molecule has 1 fully saturated rings. The number of nitrogens with zero attached hydrogens (tertiary/aromatic N) is 1. The summed E-state index contributed by atoms with van der Waals surface area (Å²) >= 11 is 0. The number of amides is 3. The van der Waals surface area contributed by atoms with E-state index >= 15 is 0 Å². The van der Waals surface area contributed by atoms with Gasteiger partial charge in [-0.05, 0) is 55.2 Å². The molecule has 0 radical (unpaired) electrons. The third-order valence-electron chi connectivity index (χ3n) is 5.20. The Hall–Kier alpha value is -3.28. The monoisotopic (exact) mass is 391 g/mol. The lowest BCUT2D eigenvalue weighted by atomic mass is 10.1. The van der Waals surface area contributed by atoms with E-state index in [2.05, 4.69) is 16.4 Å². The van der Waals surface area contributed by atoms with E-state index < -0.39 is 6.04 Å². The highest BCUT2D eigenvalue weighted by Gasteiger charge is 2.37. The smallest absolute Gasteiger partial charge is 0.324 e. The molecule has 150 valence electrons. The molecule has 0 saturated carbocycles. The fourth-order valence-electron chi connectivity index (χ4n) is 3.88. The van der Waals surface area contributed by atoms with E-state index in [1.807, 2.05) is 56.4 Å². The van der Waals surface area contributed by atoms with Crippen molar-refractivity contribution in [1.29, 1.82) is 0 Å². The number of aromatic amines is 1. The molecule has 2 heterocycles. The fourth-order valence-corrected chi connectivity index (χ4v) is 3.88. The number of benzene rings is 2. The summed E-state index contributed by atoms with van der Waals surface area (Å²) in [5.41, 5.74) is 4.35. The first-order valence-corrected chi connectivity index (χ1v) is 9.89. The predicted octanol–water partition coefficient (Wildman–Crippen LogP) is 3.72. The van der Waals surface area contributed by atoms with Crippen LogP contribution in [0, 0.1) is 13.8 Å². The van der Waals surface area contributed by atoms with Crippen molar-refractivity contribution in [2.45, 2.75) is 32.7 Å². The zero-order valence-electron chi connectivity index (χ0n) is 16.7. The van der Waals surface area contributed by atoms with Gasteiger partial charge in [0.15, 0.2) is 0 Å². The van der Waals surface area contributed by atoms with Crippen LogP contribution in [-0.2, 0) is 11.2 Å². The van der Waals surface area contributed by atoms with Crippen LogP contribution in [0.2, 0.25) is 0 Å². The number of nitrogens with one attached hydrogen (secondary N) is 2. The largest absolute Gasteiger partial charge is 0.494 e. The number of urea groups is 1. The molecule has 1 aromatic heterocycles. The molecule has 29 heavy (non-hydrogen) atoms. The maximum absolute atomic E-state index is 12.7. The molecule has 3 amide bonds. The molecule has 6 nitrogen and oxygen atoms in total. The summed E-state index contributed by atoms with van der Waals surface area (Å²) in [7, 11) is 0. The van der Waals surface area contributed by atoms with Crippen LogP contribution in [0.3, 0.4) is 0 Å². The lowest BCUT2D eigenvalue weighted by Crippen LogP contribution is -2.33. The van der Waals surface area contributed by atoms with Gasteiger partial charge in [-0.25, -0.2) is 4.79 Å². The quantitative estimate of drug-likeness (QED) is 0.476. The highest BCUT2D eigenvalue weighted by Crippen LogP contribution is 2.21. The first kappa shape index (κ1) is 19.1. The number of carbonyl (C=O) groups is 2. The van der Waals surface area contributed by atoms with Crippen molar-refractivity contribution in [2.24, 2.45) is 0 Å². The number of rotatable bonds is 7. The van der Waals surface area contributed by atoms with E-state index in [0.29, 0.717) is 26.0 Å². The average molecular weight is 391 g/mol. The lowest BCUT2D eigenvalue weighted by molar-refractivity contribution is -0.127. The molecule has 0 spiro atoms. The van der Waals surface area contributed by atoms with Gasteiger partial charge >= 0.3 is 6.03 Å². The Morgan fingerprint density at radius 3 is 2.62 bits per heavy atom. The summed E-state index contributed by atoms with van der Waals surface area (Å²) in [6.45, 7) is 4.86. The Bertz CT molecular complexity index is 1040. The van der Waals surface area contributed by atoms with Crippen molar-refractivity contribution in [3.05, 3.63) is 65.4 Å². The van der Waals surface area contributed by atoms with Crippen molar-refractivity contribution in [3.63, 3.8) is 0 Å². The van der Waals surface area contributed by atoms with Crippen molar-refractivity contribution in [2.75, 3.05) is 13.2 Å². The minimum atomic E-state index is -0.526.